The first-order valence-electron chi connectivity index (χ1n) is 6.12. The minimum absolute atomic E-state index is 0.293. The zero-order valence-electron chi connectivity index (χ0n) is 10.6. The number of nitrogens with zero attached hydrogens (tertiary/aromatic N) is 2. The standard InChI is InChI=1S/C13H21N3S/c1-11-3-4-12(15-9-11)16-7-5-13(10-14,17-2)6-8-16/h3-4,9H,5-8,10,14H2,1-2H3. The van der Waals surface area contributed by atoms with Crippen LogP contribution < -0.4 is 10.6 Å². The summed E-state index contributed by atoms with van der Waals surface area (Å²) in [6.07, 6.45) is 6.42. The molecule has 0 bridgehead atoms. The van der Waals surface area contributed by atoms with Crippen LogP contribution in [0.2, 0.25) is 0 Å². The van der Waals surface area contributed by atoms with E-state index in [2.05, 4.69) is 35.2 Å². The highest BCUT2D eigenvalue weighted by Crippen LogP contribution is 2.34. The number of hydrogen-bond acceptors (Lipinski definition) is 4. The molecule has 2 heterocycles. The fourth-order valence-electron chi connectivity index (χ4n) is 2.28. The van der Waals surface area contributed by atoms with E-state index >= 15 is 0 Å². The number of aryl methyl sites for hydroxylation is 1. The van der Waals surface area contributed by atoms with Gasteiger partial charge < -0.3 is 10.6 Å². The van der Waals surface area contributed by atoms with Gasteiger partial charge in [0.25, 0.3) is 0 Å². The molecule has 2 rings (SSSR count). The summed E-state index contributed by atoms with van der Waals surface area (Å²) in [7, 11) is 0. The average Bonchev–Trinajstić information content (AvgIpc) is 2.40. The Bertz CT molecular complexity index is 349. The van der Waals surface area contributed by atoms with E-state index in [-0.39, 0.29) is 0 Å². The maximum Gasteiger partial charge on any atom is 0.128 e. The van der Waals surface area contributed by atoms with Crippen molar-refractivity contribution in [1.82, 2.24) is 4.98 Å². The van der Waals surface area contributed by atoms with Crippen molar-refractivity contribution in [1.29, 1.82) is 0 Å². The second kappa shape index (κ2) is 5.27. The van der Waals surface area contributed by atoms with Crippen molar-refractivity contribution in [2.75, 3.05) is 30.8 Å². The van der Waals surface area contributed by atoms with Gasteiger partial charge in [0.2, 0.25) is 0 Å². The van der Waals surface area contributed by atoms with Crippen molar-refractivity contribution in [3.8, 4) is 0 Å². The molecule has 0 atom stereocenters. The molecule has 94 valence electrons. The van der Waals surface area contributed by atoms with E-state index in [1.54, 1.807) is 0 Å². The Balaban J connectivity index is 2.01. The summed E-state index contributed by atoms with van der Waals surface area (Å²) in [4.78, 5) is 6.85. The Kier molecular flexibility index (Phi) is 3.94. The van der Waals surface area contributed by atoms with Crippen LogP contribution in [0.3, 0.4) is 0 Å². The average molecular weight is 251 g/mol. The van der Waals surface area contributed by atoms with Crippen LogP contribution in [0.15, 0.2) is 18.3 Å². The normalized spacial score (nSPS) is 19.4. The van der Waals surface area contributed by atoms with Crippen LogP contribution in [0.1, 0.15) is 18.4 Å². The largest absolute Gasteiger partial charge is 0.357 e. The predicted molar refractivity (Wildman–Crippen MR) is 75.7 cm³/mol. The summed E-state index contributed by atoms with van der Waals surface area (Å²) in [5.74, 6) is 1.10. The van der Waals surface area contributed by atoms with E-state index in [9.17, 15) is 0 Å². The molecule has 0 aliphatic carbocycles. The van der Waals surface area contributed by atoms with Gasteiger partial charge in [0.1, 0.15) is 5.82 Å². The summed E-state index contributed by atoms with van der Waals surface area (Å²) in [5, 5.41) is 0. The molecule has 0 unspecified atom stereocenters. The lowest BCUT2D eigenvalue weighted by atomic mass is 9.96. The maximum atomic E-state index is 5.90. The topological polar surface area (TPSA) is 42.1 Å². The molecule has 1 saturated heterocycles. The third-order valence-electron chi connectivity index (χ3n) is 3.70. The molecule has 0 radical (unpaired) electrons. The maximum absolute atomic E-state index is 5.90. The summed E-state index contributed by atoms with van der Waals surface area (Å²) in [5.41, 5.74) is 7.11. The van der Waals surface area contributed by atoms with Gasteiger partial charge in [0.15, 0.2) is 0 Å². The van der Waals surface area contributed by atoms with E-state index < -0.39 is 0 Å². The summed E-state index contributed by atoms with van der Waals surface area (Å²) >= 11 is 1.92. The van der Waals surface area contributed by atoms with Crippen molar-refractivity contribution in [3.63, 3.8) is 0 Å². The smallest absolute Gasteiger partial charge is 0.128 e. The number of nitrogens with two attached hydrogens (primary N) is 1. The van der Waals surface area contributed by atoms with Gasteiger partial charge in [-0.25, -0.2) is 4.98 Å². The first-order chi connectivity index (χ1) is 8.19. The quantitative estimate of drug-likeness (QED) is 0.893. The molecular weight excluding hydrogens is 230 g/mol. The van der Waals surface area contributed by atoms with Crippen molar-refractivity contribution in [3.05, 3.63) is 23.9 Å². The number of thioether (sulfide) groups is 1. The molecule has 0 aromatic carbocycles. The predicted octanol–water partition coefficient (Wildman–Crippen LogP) is 2.05. The van der Waals surface area contributed by atoms with Gasteiger partial charge in [-0.15, -0.1) is 0 Å². The molecule has 0 amide bonds. The van der Waals surface area contributed by atoms with Crippen LogP contribution in [0.25, 0.3) is 0 Å². The first-order valence-corrected chi connectivity index (χ1v) is 7.34. The van der Waals surface area contributed by atoms with Crippen molar-refractivity contribution in [2.45, 2.75) is 24.5 Å². The van der Waals surface area contributed by atoms with Crippen LogP contribution in [-0.2, 0) is 0 Å². The Morgan fingerprint density at radius 2 is 2.12 bits per heavy atom. The monoisotopic (exact) mass is 251 g/mol. The lowest BCUT2D eigenvalue weighted by Gasteiger charge is -2.40. The van der Waals surface area contributed by atoms with Crippen molar-refractivity contribution < 1.29 is 0 Å². The van der Waals surface area contributed by atoms with Crippen LogP contribution in [0.5, 0.6) is 0 Å². The third kappa shape index (κ3) is 2.75. The molecule has 1 fully saturated rings. The van der Waals surface area contributed by atoms with Gasteiger partial charge in [-0.3, -0.25) is 0 Å². The highest BCUT2D eigenvalue weighted by atomic mass is 32.2. The molecule has 0 saturated carbocycles. The molecular formula is C13H21N3S. The molecule has 1 aromatic heterocycles. The molecule has 0 spiro atoms. The fraction of sp³-hybridized carbons (Fsp3) is 0.615. The second-order valence-electron chi connectivity index (χ2n) is 4.77. The van der Waals surface area contributed by atoms with Crippen LogP contribution in [0, 0.1) is 6.92 Å². The van der Waals surface area contributed by atoms with Gasteiger partial charge >= 0.3 is 0 Å². The third-order valence-corrected chi connectivity index (χ3v) is 5.14. The fourth-order valence-corrected chi connectivity index (χ4v) is 3.04. The summed E-state index contributed by atoms with van der Waals surface area (Å²) in [6, 6.07) is 4.24. The van der Waals surface area contributed by atoms with E-state index in [0.29, 0.717) is 4.75 Å². The number of aromatic nitrogens is 1. The molecule has 4 heteroatoms. The highest BCUT2D eigenvalue weighted by molar-refractivity contribution is 8.00. The minimum Gasteiger partial charge on any atom is -0.357 e. The number of hydrogen-bond donors (Lipinski definition) is 1. The van der Waals surface area contributed by atoms with Crippen molar-refractivity contribution in [2.24, 2.45) is 5.73 Å². The Morgan fingerprint density at radius 3 is 2.59 bits per heavy atom. The van der Waals surface area contributed by atoms with Crippen LogP contribution >= 0.6 is 11.8 Å². The number of piperidine rings is 1. The molecule has 1 aliphatic heterocycles. The zero-order valence-corrected chi connectivity index (χ0v) is 11.5. The number of pyridine rings is 1. The van der Waals surface area contributed by atoms with E-state index in [1.165, 1.54) is 5.56 Å². The van der Waals surface area contributed by atoms with E-state index in [0.717, 1.165) is 38.3 Å². The second-order valence-corrected chi connectivity index (χ2v) is 6.05. The Hall–Kier alpha value is -0.740. The Labute approximate surface area is 108 Å². The van der Waals surface area contributed by atoms with Gasteiger partial charge in [-0.2, -0.15) is 11.8 Å². The zero-order chi connectivity index (χ0) is 12.3. The lowest BCUT2D eigenvalue weighted by Crippen LogP contribution is -2.46. The lowest BCUT2D eigenvalue weighted by molar-refractivity contribution is 0.455. The van der Waals surface area contributed by atoms with Gasteiger partial charge in [-0.05, 0) is 37.7 Å². The summed E-state index contributed by atoms with van der Waals surface area (Å²) in [6.45, 7) is 4.98. The number of anilines is 1. The molecule has 2 N–H and O–H groups in total. The molecule has 17 heavy (non-hydrogen) atoms. The first kappa shape index (κ1) is 12.7. The minimum atomic E-state index is 0.293. The summed E-state index contributed by atoms with van der Waals surface area (Å²) < 4.78 is 0.293. The number of rotatable bonds is 3. The van der Waals surface area contributed by atoms with E-state index in [4.69, 9.17) is 5.73 Å². The van der Waals surface area contributed by atoms with Crippen LogP contribution in [0.4, 0.5) is 5.82 Å². The van der Waals surface area contributed by atoms with Gasteiger partial charge in [0, 0.05) is 30.6 Å². The molecule has 1 aromatic rings. The van der Waals surface area contributed by atoms with Gasteiger partial charge in [-0.1, -0.05) is 6.07 Å². The SMILES string of the molecule is CSC1(CN)CCN(c2ccc(C)cn2)CC1. The molecule has 3 nitrogen and oxygen atoms in total. The van der Waals surface area contributed by atoms with Crippen LogP contribution in [-0.4, -0.2) is 35.6 Å². The van der Waals surface area contributed by atoms with Gasteiger partial charge in [0.05, 0.1) is 0 Å². The Morgan fingerprint density at radius 1 is 1.41 bits per heavy atom. The van der Waals surface area contributed by atoms with Crippen molar-refractivity contribution >= 4 is 17.6 Å². The van der Waals surface area contributed by atoms with E-state index in [1.807, 2.05) is 18.0 Å². The highest BCUT2D eigenvalue weighted by Gasteiger charge is 2.32. The molecule has 1 aliphatic rings.